The third kappa shape index (κ3) is 4.82. The fraction of sp³-hybridized carbons (Fsp3) is 0.571. The van der Waals surface area contributed by atoms with E-state index in [0.29, 0.717) is 12.2 Å². The van der Waals surface area contributed by atoms with Crippen LogP contribution in [0.25, 0.3) is 11.0 Å². The molecule has 2 heterocycles. The zero-order chi connectivity index (χ0) is 20.3. The fourth-order valence-corrected chi connectivity index (χ4v) is 3.85. The largest absolute Gasteiger partial charge is 0.444 e. The molecule has 2 amide bonds. The maximum Gasteiger partial charge on any atom is 0.407 e. The Bertz CT molecular complexity index is 807. The van der Waals surface area contributed by atoms with Gasteiger partial charge in [0.1, 0.15) is 11.3 Å². The number of alkyl carbamates (subject to hydrolysis) is 1. The summed E-state index contributed by atoms with van der Waals surface area (Å²) in [6, 6.07) is 5.67. The highest BCUT2D eigenvalue weighted by molar-refractivity contribution is 5.97. The summed E-state index contributed by atoms with van der Waals surface area (Å²) < 4.78 is 5.37. The van der Waals surface area contributed by atoms with E-state index in [1.165, 1.54) is 0 Å². The van der Waals surface area contributed by atoms with Crippen LogP contribution in [0.1, 0.15) is 63.9 Å². The molecule has 1 aliphatic carbocycles. The van der Waals surface area contributed by atoms with Gasteiger partial charge in [0.2, 0.25) is 0 Å². The van der Waals surface area contributed by atoms with Gasteiger partial charge in [-0.1, -0.05) is 0 Å². The second-order valence-electron chi connectivity index (χ2n) is 8.37. The van der Waals surface area contributed by atoms with Gasteiger partial charge in [0, 0.05) is 24.8 Å². The van der Waals surface area contributed by atoms with Gasteiger partial charge < -0.3 is 19.9 Å². The Kier molecular flexibility index (Phi) is 5.91. The molecule has 0 unspecified atom stereocenters. The van der Waals surface area contributed by atoms with Crippen molar-refractivity contribution in [1.82, 2.24) is 20.2 Å². The standard InChI is InChI=1S/C21H30N4O3/c1-5-25(19(26)18-13-17-16(24-18)10-7-11-22-17)15-9-6-8-14(12-15)23-20(27)28-21(2,3)4/h7,10-11,13-15,24H,5-6,8-9,12H2,1-4H3,(H,23,27)/t14-,15+/m1/s1. The summed E-state index contributed by atoms with van der Waals surface area (Å²) in [5.74, 6) is -0.0246. The minimum atomic E-state index is -0.521. The van der Waals surface area contributed by atoms with Crippen LogP contribution in [0.3, 0.4) is 0 Å². The lowest BCUT2D eigenvalue weighted by Gasteiger charge is -2.37. The predicted octanol–water partition coefficient (Wildman–Crippen LogP) is 3.86. The van der Waals surface area contributed by atoms with E-state index in [4.69, 9.17) is 4.74 Å². The molecule has 2 aromatic heterocycles. The van der Waals surface area contributed by atoms with Crippen molar-refractivity contribution in [3.05, 3.63) is 30.1 Å². The van der Waals surface area contributed by atoms with E-state index < -0.39 is 11.7 Å². The summed E-state index contributed by atoms with van der Waals surface area (Å²) in [7, 11) is 0. The van der Waals surface area contributed by atoms with Gasteiger partial charge in [-0.05, 0) is 71.6 Å². The third-order valence-electron chi connectivity index (χ3n) is 5.03. The van der Waals surface area contributed by atoms with Crippen molar-refractivity contribution < 1.29 is 14.3 Å². The Hall–Kier alpha value is -2.57. The molecular formula is C21H30N4O3. The van der Waals surface area contributed by atoms with Crippen LogP contribution >= 0.6 is 0 Å². The Morgan fingerprint density at radius 2 is 2.14 bits per heavy atom. The molecule has 3 rings (SSSR count). The zero-order valence-corrected chi connectivity index (χ0v) is 17.1. The summed E-state index contributed by atoms with van der Waals surface area (Å²) in [4.78, 5) is 34.6. The van der Waals surface area contributed by atoms with Crippen molar-refractivity contribution in [2.45, 2.75) is 71.1 Å². The molecule has 0 spiro atoms. The number of H-pyrrole nitrogens is 1. The topological polar surface area (TPSA) is 87.3 Å². The molecule has 1 fully saturated rings. The highest BCUT2D eigenvalue weighted by atomic mass is 16.6. The number of nitrogens with one attached hydrogen (secondary N) is 2. The zero-order valence-electron chi connectivity index (χ0n) is 17.1. The first-order chi connectivity index (χ1) is 13.3. The van der Waals surface area contributed by atoms with E-state index in [9.17, 15) is 9.59 Å². The molecule has 1 aliphatic rings. The fourth-order valence-electron chi connectivity index (χ4n) is 3.85. The van der Waals surface area contributed by atoms with Crippen molar-refractivity contribution >= 4 is 23.0 Å². The summed E-state index contributed by atoms with van der Waals surface area (Å²) in [6.45, 7) is 8.16. The van der Waals surface area contributed by atoms with Gasteiger partial charge in [-0.25, -0.2) is 4.79 Å². The molecule has 0 bridgehead atoms. The first-order valence-corrected chi connectivity index (χ1v) is 10.0. The van der Waals surface area contributed by atoms with Crippen LogP contribution < -0.4 is 5.32 Å². The molecular weight excluding hydrogens is 356 g/mol. The molecule has 7 heteroatoms. The summed E-state index contributed by atoms with van der Waals surface area (Å²) in [5.41, 5.74) is 1.68. The molecule has 2 aromatic rings. The number of hydrogen-bond donors (Lipinski definition) is 2. The summed E-state index contributed by atoms with van der Waals surface area (Å²) >= 11 is 0. The van der Waals surface area contributed by atoms with Gasteiger partial charge in [-0.2, -0.15) is 0 Å². The van der Waals surface area contributed by atoms with E-state index >= 15 is 0 Å². The van der Waals surface area contributed by atoms with Crippen molar-refractivity contribution in [3.8, 4) is 0 Å². The Morgan fingerprint density at radius 1 is 1.36 bits per heavy atom. The van der Waals surface area contributed by atoms with Crippen LogP contribution in [0, 0.1) is 0 Å². The third-order valence-corrected chi connectivity index (χ3v) is 5.03. The lowest BCUT2D eigenvalue weighted by Crippen LogP contribution is -2.48. The van der Waals surface area contributed by atoms with Crippen LogP contribution in [-0.2, 0) is 4.74 Å². The number of amides is 2. The number of aromatic nitrogens is 2. The molecule has 2 N–H and O–H groups in total. The number of pyridine rings is 1. The number of rotatable bonds is 4. The number of aromatic amines is 1. The van der Waals surface area contributed by atoms with E-state index in [0.717, 1.165) is 36.7 Å². The van der Waals surface area contributed by atoms with Crippen molar-refractivity contribution in [2.75, 3.05) is 6.54 Å². The van der Waals surface area contributed by atoms with E-state index in [-0.39, 0.29) is 18.0 Å². The lowest BCUT2D eigenvalue weighted by atomic mass is 9.89. The van der Waals surface area contributed by atoms with Crippen molar-refractivity contribution in [1.29, 1.82) is 0 Å². The predicted molar refractivity (Wildman–Crippen MR) is 108 cm³/mol. The van der Waals surface area contributed by atoms with Crippen LogP contribution in [0.15, 0.2) is 24.4 Å². The maximum absolute atomic E-state index is 13.1. The highest BCUT2D eigenvalue weighted by Crippen LogP contribution is 2.25. The number of carbonyl (C=O) groups is 2. The number of carbonyl (C=O) groups excluding carboxylic acids is 2. The van der Waals surface area contributed by atoms with Crippen LogP contribution in [0.4, 0.5) is 4.79 Å². The van der Waals surface area contributed by atoms with Gasteiger partial charge in [0.25, 0.3) is 5.91 Å². The molecule has 28 heavy (non-hydrogen) atoms. The van der Waals surface area contributed by atoms with Crippen molar-refractivity contribution in [2.24, 2.45) is 0 Å². The minimum Gasteiger partial charge on any atom is -0.444 e. The quantitative estimate of drug-likeness (QED) is 0.835. The molecule has 152 valence electrons. The first-order valence-electron chi connectivity index (χ1n) is 10.0. The Balaban J connectivity index is 1.67. The number of nitrogens with zero attached hydrogens (tertiary/aromatic N) is 2. The van der Waals surface area contributed by atoms with Gasteiger partial charge in [-0.15, -0.1) is 0 Å². The van der Waals surface area contributed by atoms with Crippen LogP contribution in [0.5, 0.6) is 0 Å². The molecule has 2 atom stereocenters. The van der Waals surface area contributed by atoms with Gasteiger partial charge in [0.05, 0.1) is 11.0 Å². The molecule has 0 aliphatic heterocycles. The lowest BCUT2D eigenvalue weighted by molar-refractivity contribution is 0.0460. The maximum atomic E-state index is 13.1. The molecule has 0 aromatic carbocycles. The van der Waals surface area contributed by atoms with Gasteiger partial charge in [0.15, 0.2) is 0 Å². The normalized spacial score (nSPS) is 20.0. The second kappa shape index (κ2) is 8.20. The minimum absolute atomic E-state index is 0.0137. The molecule has 1 saturated carbocycles. The summed E-state index contributed by atoms with van der Waals surface area (Å²) in [6.07, 6.45) is 4.85. The monoisotopic (exact) mass is 386 g/mol. The Labute approximate surface area is 165 Å². The van der Waals surface area contributed by atoms with E-state index in [1.807, 2.05) is 44.7 Å². The van der Waals surface area contributed by atoms with E-state index in [1.54, 1.807) is 12.3 Å². The van der Waals surface area contributed by atoms with Crippen molar-refractivity contribution in [3.63, 3.8) is 0 Å². The Morgan fingerprint density at radius 3 is 2.82 bits per heavy atom. The average Bonchev–Trinajstić information content (AvgIpc) is 3.05. The van der Waals surface area contributed by atoms with E-state index in [2.05, 4.69) is 15.3 Å². The number of ether oxygens (including phenoxy) is 1. The van der Waals surface area contributed by atoms with Crippen LogP contribution in [0.2, 0.25) is 0 Å². The molecule has 0 radical (unpaired) electrons. The SMILES string of the molecule is CCN(C(=O)c1cc2ncccc2[nH]1)[C@H]1CCC[C@@H](NC(=O)OC(C)(C)C)C1. The number of fused-ring (bicyclic) bond motifs is 1. The van der Waals surface area contributed by atoms with Gasteiger partial charge in [-0.3, -0.25) is 9.78 Å². The smallest absolute Gasteiger partial charge is 0.407 e. The second-order valence-corrected chi connectivity index (χ2v) is 8.37. The number of hydrogen-bond acceptors (Lipinski definition) is 4. The first kappa shape index (κ1) is 20.2. The highest BCUT2D eigenvalue weighted by Gasteiger charge is 2.31. The summed E-state index contributed by atoms with van der Waals surface area (Å²) in [5, 5.41) is 2.97. The average molecular weight is 386 g/mol. The van der Waals surface area contributed by atoms with Gasteiger partial charge >= 0.3 is 6.09 Å². The molecule has 0 saturated heterocycles. The van der Waals surface area contributed by atoms with Crippen LogP contribution in [-0.4, -0.2) is 51.1 Å². The molecule has 7 nitrogen and oxygen atoms in total.